The Labute approximate surface area is 140 Å². The molecular weight excluding hydrogens is 316 g/mol. The van der Waals surface area contributed by atoms with Crippen LogP contribution in [0.3, 0.4) is 0 Å². The average molecular weight is 343 g/mol. The molecule has 1 spiro atoms. The van der Waals surface area contributed by atoms with Crippen molar-refractivity contribution in [3.8, 4) is 0 Å². The van der Waals surface area contributed by atoms with Crippen LogP contribution in [0.1, 0.15) is 44.2 Å². The Bertz CT molecular complexity index is 510. The Morgan fingerprint density at radius 1 is 1.22 bits per heavy atom. The van der Waals surface area contributed by atoms with E-state index in [4.69, 9.17) is 0 Å². The van der Waals surface area contributed by atoms with Crippen molar-refractivity contribution < 1.29 is 13.0 Å². The Morgan fingerprint density at radius 2 is 1.87 bits per heavy atom. The van der Waals surface area contributed by atoms with E-state index in [1.807, 2.05) is 26.0 Å². The first-order chi connectivity index (χ1) is 11.1. The zero-order chi connectivity index (χ0) is 16.9. The van der Waals surface area contributed by atoms with E-state index in [1.165, 1.54) is 18.6 Å². The molecule has 2 aliphatic heterocycles. The molecular formula is C18H27F2NOS. The number of aryl methyl sites for hydroxylation is 1. The summed E-state index contributed by atoms with van der Waals surface area (Å²) in [5.41, 5.74) is 1.57. The number of rotatable bonds is 5. The number of hydrogen-bond acceptors (Lipinski definition) is 2. The minimum atomic E-state index is -2.38. The van der Waals surface area contributed by atoms with Gasteiger partial charge >= 0.3 is 0 Å². The molecule has 0 saturated carbocycles. The molecule has 1 aromatic carbocycles. The quantitative estimate of drug-likeness (QED) is 0.804. The number of alkyl halides is 2. The Hall–Kier alpha value is -0.810. The van der Waals surface area contributed by atoms with Crippen LogP contribution in [0, 0.1) is 5.41 Å². The fraction of sp³-hybridized carbons (Fsp3) is 0.667. The summed E-state index contributed by atoms with van der Waals surface area (Å²) in [7, 11) is -0.566. The molecule has 0 aliphatic carbocycles. The van der Waals surface area contributed by atoms with E-state index in [9.17, 15) is 13.0 Å². The van der Waals surface area contributed by atoms with Gasteiger partial charge in [0, 0.05) is 39.8 Å². The summed E-state index contributed by atoms with van der Waals surface area (Å²) in [5.74, 6) is 1.77. The Morgan fingerprint density at radius 3 is 2.43 bits per heavy atom. The van der Waals surface area contributed by atoms with Crippen molar-refractivity contribution in [2.75, 3.05) is 31.1 Å². The van der Waals surface area contributed by atoms with Gasteiger partial charge in [-0.1, -0.05) is 38.1 Å². The van der Waals surface area contributed by atoms with E-state index in [1.54, 1.807) is 0 Å². The Balaban J connectivity index is 0.000000924. The molecule has 3 rings (SSSR count). The summed E-state index contributed by atoms with van der Waals surface area (Å²) >= 11 is 0. The van der Waals surface area contributed by atoms with Gasteiger partial charge in [-0.25, -0.2) is 8.78 Å². The van der Waals surface area contributed by atoms with Crippen LogP contribution in [0.4, 0.5) is 8.78 Å². The summed E-state index contributed by atoms with van der Waals surface area (Å²) in [6, 6.07) is 6.66. The smallest absolute Gasteiger partial charge is 0.263 e. The number of hydrogen-bond donors (Lipinski definition) is 0. The average Bonchev–Trinajstić information content (AvgIpc) is 2.94. The molecule has 5 heteroatoms. The zero-order valence-corrected chi connectivity index (χ0v) is 14.9. The summed E-state index contributed by atoms with van der Waals surface area (Å²) in [6.45, 7) is 7.25. The highest BCUT2D eigenvalue weighted by Gasteiger charge is 2.47. The van der Waals surface area contributed by atoms with Gasteiger partial charge < -0.3 is 4.90 Å². The molecule has 2 heterocycles. The fourth-order valence-corrected chi connectivity index (χ4v) is 5.18. The highest BCUT2D eigenvalue weighted by atomic mass is 32.2. The SMILES string of the molecule is CC.O=S1CC2(CCN(CCCc3ccc(C(F)F)cc3)C2)C1. The minimum Gasteiger partial charge on any atom is -0.303 e. The van der Waals surface area contributed by atoms with E-state index in [2.05, 4.69) is 4.90 Å². The maximum absolute atomic E-state index is 12.5. The van der Waals surface area contributed by atoms with Gasteiger partial charge in [0.1, 0.15) is 0 Å². The van der Waals surface area contributed by atoms with Gasteiger partial charge in [0.15, 0.2) is 0 Å². The van der Waals surface area contributed by atoms with Gasteiger partial charge in [-0.05, 0) is 37.9 Å². The predicted molar refractivity (Wildman–Crippen MR) is 92.4 cm³/mol. The number of halogens is 2. The number of nitrogens with zero attached hydrogens (tertiary/aromatic N) is 1. The zero-order valence-electron chi connectivity index (χ0n) is 14.1. The lowest BCUT2D eigenvalue weighted by Gasteiger charge is -2.37. The second kappa shape index (κ2) is 8.34. The van der Waals surface area contributed by atoms with Gasteiger partial charge in [0.25, 0.3) is 6.43 Å². The minimum absolute atomic E-state index is 0.0956. The first-order valence-electron chi connectivity index (χ1n) is 8.51. The number of benzene rings is 1. The normalized spacial score (nSPS) is 26.9. The van der Waals surface area contributed by atoms with Gasteiger partial charge in [-0.15, -0.1) is 0 Å². The molecule has 0 unspecified atom stereocenters. The van der Waals surface area contributed by atoms with Crippen molar-refractivity contribution in [1.29, 1.82) is 0 Å². The molecule has 2 aliphatic rings. The lowest BCUT2D eigenvalue weighted by atomic mass is 9.91. The van der Waals surface area contributed by atoms with Crippen molar-refractivity contribution >= 4 is 10.8 Å². The van der Waals surface area contributed by atoms with E-state index in [0.717, 1.165) is 49.5 Å². The lowest BCUT2D eigenvalue weighted by molar-refractivity contribution is 0.151. The monoisotopic (exact) mass is 343 g/mol. The van der Waals surface area contributed by atoms with Crippen LogP contribution in [-0.2, 0) is 17.2 Å². The first-order valence-corrected chi connectivity index (χ1v) is 9.99. The molecule has 23 heavy (non-hydrogen) atoms. The molecule has 1 aromatic rings. The lowest BCUT2D eigenvalue weighted by Crippen LogP contribution is -2.46. The molecule has 130 valence electrons. The Kier molecular flexibility index (Phi) is 6.72. The van der Waals surface area contributed by atoms with Crippen LogP contribution in [0.5, 0.6) is 0 Å². The van der Waals surface area contributed by atoms with E-state index in [-0.39, 0.29) is 5.56 Å². The highest BCUT2D eigenvalue weighted by molar-refractivity contribution is 7.86. The van der Waals surface area contributed by atoms with Crippen molar-refractivity contribution in [2.45, 2.75) is 39.5 Å². The first kappa shape index (κ1) is 18.5. The van der Waals surface area contributed by atoms with Crippen molar-refractivity contribution in [2.24, 2.45) is 5.41 Å². The molecule has 0 amide bonds. The van der Waals surface area contributed by atoms with Crippen LogP contribution in [-0.4, -0.2) is 40.2 Å². The van der Waals surface area contributed by atoms with Crippen LogP contribution in [0.25, 0.3) is 0 Å². The molecule has 0 aromatic heterocycles. The van der Waals surface area contributed by atoms with Gasteiger partial charge in [0.05, 0.1) is 0 Å². The summed E-state index contributed by atoms with van der Waals surface area (Å²) in [6.07, 6.45) is 0.779. The third kappa shape index (κ3) is 4.83. The van der Waals surface area contributed by atoms with Crippen LogP contribution >= 0.6 is 0 Å². The third-order valence-electron chi connectivity index (χ3n) is 4.62. The van der Waals surface area contributed by atoms with Gasteiger partial charge in [-0.2, -0.15) is 0 Å². The third-order valence-corrected chi connectivity index (χ3v) is 6.49. The number of likely N-dealkylation sites (tertiary alicyclic amines) is 1. The van der Waals surface area contributed by atoms with Gasteiger partial charge in [0.2, 0.25) is 0 Å². The molecule has 2 nitrogen and oxygen atoms in total. The van der Waals surface area contributed by atoms with Crippen LogP contribution in [0.15, 0.2) is 24.3 Å². The molecule has 0 radical (unpaired) electrons. The van der Waals surface area contributed by atoms with Crippen molar-refractivity contribution in [3.05, 3.63) is 35.4 Å². The van der Waals surface area contributed by atoms with E-state index >= 15 is 0 Å². The molecule has 0 N–H and O–H groups in total. The van der Waals surface area contributed by atoms with Crippen LogP contribution in [0.2, 0.25) is 0 Å². The largest absolute Gasteiger partial charge is 0.303 e. The van der Waals surface area contributed by atoms with Gasteiger partial charge in [-0.3, -0.25) is 4.21 Å². The highest BCUT2D eigenvalue weighted by Crippen LogP contribution is 2.39. The summed E-state index contributed by atoms with van der Waals surface area (Å²) in [5, 5.41) is 0. The second-order valence-electron chi connectivity index (χ2n) is 6.40. The van der Waals surface area contributed by atoms with Crippen molar-refractivity contribution in [1.82, 2.24) is 4.90 Å². The summed E-state index contributed by atoms with van der Waals surface area (Å²) < 4.78 is 36.2. The van der Waals surface area contributed by atoms with E-state index < -0.39 is 17.2 Å². The maximum Gasteiger partial charge on any atom is 0.263 e. The molecule has 0 bridgehead atoms. The molecule has 0 atom stereocenters. The molecule has 2 saturated heterocycles. The van der Waals surface area contributed by atoms with E-state index in [0.29, 0.717) is 5.41 Å². The van der Waals surface area contributed by atoms with Crippen LogP contribution < -0.4 is 0 Å². The predicted octanol–water partition coefficient (Wildman–Crippen LogP) is 4.04. The molecule has 2 fully saturated rings. The second-order valence-corrected chi connectivity index (χ2v) is 7.86. The summed E-state index contributed by atoms with van der Waals surface area (Å²) in [4.78, 5) is 2.46. The maximum atomic E-state index is 12.5. The fourth-order valence-electron chi connectivity index (χ4n) is 3.43. The standard InChI is InChI=1S/C16H21F2NOS.C2H6/c17-15(18)14-5-3-13(4-6-14)2-1-8-19-9-7-16(10-19)11-21(20)12-16;1-2/h3-6,15H,1-2,7-12H2;1-2H3. The van der Waals surface area contributed by atoms with Crippen molar-refractivity contribution in [3.63, 3.8) is 0 Å². The topological polar surface area (TPSA) is 20.3 Å².